The van der Waals surface area contributed by atoms with E-state index in [1.54, 1.807) is 0 Å². The third-order valence-corrected chi connectivity index (χ3v) is 9.77. The molecule has 0 aliphatic heterocycles. The maximum atomic E-state index is 11.0. The van der Waals surface area contributed by atoms with Gasteiger partial charge in [0.05, 0.1) is 26.4 Å². The lowest BCUT2D eigenvalue weighted by atomic mass is 9.78. The van der Waals surface area contributed by atoms with Crippen LogP contribution in [0.3, 0.4) is 0 Å². The van der Waals surface area contributed by atoms with Crippen molar-refractivity contribution in [2.75, 3.05) is 52.9 Å². The maximum absolute atomic E-state index is 11.0. The average Bonchev–Trinajstić information content (AvgIpc) is 3.32. The molecule has 0 spiro atoms. The lowest BCUT2D eigenvalue weighted by Crippen LogP contribution is -2.19. The molecule has 0 N–H and O–H groups in total. The quantitative estimate of drug-likeness (QED) is 0.0257. The second-order valence-corrected chi connectivity index (χ2v) is 14.9. The molecule has 0 aromatic heterocycles. The van der Waals surface area contributed by atoms with Gasteiger partial charge in [-0.15, -0.1) is 0 Å². The molecule has 0 saturated carbocycles. The number of carbonyl (C=O) groups excluding carboxylic acids is 4. The van der Waals surface area contributed by atoms with E-state index in [0.717, 1.165) is 58.1 Å². The molecule has 0 bridgehead atoms. The number of hydrogen-bond donors (Lipinski definition) is 0. The standard InChI is InChI=1S/C27H32O6.C25H28O6/c1-5-25(28)32-19-7-17-30-23-13-9-21(10-14-23)27(3,4)22-11-15-24(16-12-22)31-18-8-20-33-26(29)6-2;1-5-23(26)30-17-15-28-21-11-7-19(8-12-21)25(3,4)20-9-13-22(14-10-20)29-16-18-31-24(27)6-2/h5-6,9-16H,1-2,7-8,17-20H2,3-4H3;5-14H,1-2,15-18H2,3-4H3. The summed E-state index contributed by atoms with van der Waals surface area (Å²) in [6.07, 6.45) is 5.76. The molecule has 340 valence electrons. The van der Waals surface area contributed by atoms with Gasteiger partial charge >= 0.3 is 23.9 Å². The molecular formula is C52H60O12. The molecule has 4 aromatic carbocycles. The molecule has 0 aliphatic rings. The molecule has 0 atom stereocenters. The summed E-state index contributed by atoms with van der Waals surface area (Å²) in [7, 11) is 0. The number of benzene rings is 4. The lowest BCUT2D eigenvalue weighted by Gasteiger charge is -2.26. The van der Waals surface area contributed by atoms with E-state index in [2.05, 4.69) is 78.3 Å². The molecule has 12 nitrogen and oxygen atoms in total. The van der Waals surface area contributed by atoms with Crippen LogP contribution in [0.2, 0.25) is 0 Å². The molecule has 0 radical (unpaired) electrons. The molecule has 0 saturated heterocycles. The summed E-state index contributed by atoms with van der Waals surface area (Å²) >= 11 is 0. The molecule has 12 heteroatoms. The zero-order valence-corrected chi connectivity index (χ0v) is 37.3. The number of rotatable bonds is 26. The normalized spacial score (nSPS) is 10.7. The van der Waals surface area contributed by atoms with Gasteiger partial charge < -0.3 is 37.9 Å². The van der Waals surface area contributed by atoms with Crippen LogP contribution in [0.25, 0.3) is 0 Å². The van der Waals surface area contributed by atoms with Gasteiger partial charge in [0.2, 0.25) is 0 Å². The Labute approximate surface area is 377 Å². The van der Waals surface area contributed by atoms with Crippen LogP contribution in [0.4, 0.5) is 0 Å². The fraction of sp³-hybridized carbons (Fsp3) is 0.308. The van der Waals surface area contributed by atoms with Crippen LogP contribution in [0.15, 0.2) is 148 Å². The minimum absolute atomic E-state index is 0.170. The van der Waals surface area contributed by atoms with Crippen molar-refractivity contribution in [3.63, 3.8) is 0 Å². The summed E-state index contributed by atoms with van der Waals surface area (Å²) in [5.41, 5.74) is 4.15. The molecule has 4 rings (SSSR count). The van der Waals surface area contributed by atoms with Crippen LogP contribution >= 0.6 is 0 Å². The first-order valence-electron chi connectivity index (χ1n) is 20.8. The van der Waals surface area contributed by atoms with Gasteiger partial charge in [0.25, 0.3) is 0 Å². The zero-order valence-electron chi connectivity index (χ0n) is 37.3. The Balaban J connectivity index is 0.000000341. The Morgan fingerprint density at radius 2 is 0.578 bits per heavy atom. The van der Waals surface area contributed by atoms with Crippen molar-refractivity contribution in [2.45, 2.75) is 51.4 Å². The Morgan fingerprint density at radius 3 is 0.812 bits per heavy atom. The highest BCUT2D eigenvalue weighted by Gasteiger charge is 2.24. The summed E-state index contributed by atoms with van der Waals surface area (Å²) in [6.45, 7) is 24.4. The average molecular weight is 877 g/mol. The fourth-order valence-corrected chi connectivity index (χ4v) is 5.89. The topological polar surface area (TPSA) is 142 Å². The predicted octanol–water partition coefficient (Wildman–Crippen LogP) is 9.24. The Bertz CT molecular complexity index is 1950. The van der Waals surface area contributed by atoms with Gasteiger partial charge in [0, 0.05) is 48.0 Å². The van der Waals surface area contributed by atoms with Crippen molar-refractivity contribution < 1.29 is 57.1 Å². The molecular weight excluding hydrogens is 817 g/mol. The highest BCUT2D eigenvalue weighted by molar-refractivity contribution is 5.82. The highest BCUT2D eigenvalue weighted by atomic mass is 16.6. The first-order chi connectivity index (χ1) is 30.7. The van der Waals surface area contributed by atoms with Crippen LogP contribution in [0.5, 0.6) is 23.0 Å². The van der Waals surface area contributed by atoms with Crippen LogP contribution in [0, 0.1) is 0 Å². The number of carbonyl (C=O) groups is 4. The summed E-state index contributed by atoms with van der Waals surface area (Å²) in [6, 6.07) is 31.7. The van der Waals surface area contributed by atoms with E-state index in [4.69, 9.17) is 37.9 Å². The van der Waals surface area contributed by atoms with Crippen molar-refractivity contribution in [2.24, 2.45) is 0 Å². The largest absolute Gasteiger partial charge is 0.493 e. The molecule has 4 aromatic rings. The van der Waals surface area contributed by atoms with E-state index < -0.39 is 23.9 Å². The van der Waals surface area contributed by atoms with Gasteiger partial charge in [-0.2, -0.15) is 0 Å². The van der Waals surface area contributed by atoms with E-state index >= 15 is 0 Å². The molecule has 0 aliphatic carbocycles. The van der Waals surface area contributed by atoms with Gasteiger partial charge in [0.15, 0.2) is 0 Å². The van der Waals surface area contributed by atoms with Crippen LogP contribution < -0.4 is 18.9 Å². The van der Waals surface area contributed by atoms with Crippen LogP contribution in [-0.4, -0.2) is 76.7 Å². The first-order valence-corrected chi connectivity index (χ1v) is 20.8. The van der Waals surface area contributed by atoms with Gasteiger partial charge in [-0.25, -0.2) is 19.2 Å². The first kappa shape index (κ1) is 51.3. The van der Waals surface area contributed by atoms with Crippen molar-refractivity contribution in [1.29, 1.82) is 0 Å². The van der Waals surface area contributed by atoms with Crippen molar-refractivity contribution in [3.8, 4) is 23.0 Å². The SMILES string of the molecule is C=CC(=O)OCCCOc1ccc(C(C)(C)c2ccc(OCCCOC(=O)C=C)cc2)cc1.C=CC(=O)OCCOc1ccc(C(C)(C)c2ccc(OCCOC(=O)C=C)cc2)cc1. The van der Waals surface area contributed by atoms with E-state index in [0.29, 0.717) is 50.8 Å². The second-order valence-electron chi connectivity index (χ2n) is 14.9. The molecule has 0 heterocycles. The maximum Gasteiger partial charge on any atom is 0.330 e. The summed E-state index contributed by atoms with van der Waals surface area (Å²) in [5.74, 6) is 1.17. The number of ether oxygens (including phenoxy) is 8. The van der Waals surface area contributed by atoms with Gasteiger partial charge in [0.1, 0.15) is 49.4 Å². The number of esters is 4. The summed E-state index contributed by atoms with van der Waals surface area (Å²) in [4.78, 5) is 44.0. The summed E-state index contributed by atoms with van der Waals surface area (Å²) in [5, 5.41) is 0. The highest BCUT2D eigenvalue weighted by Crippen LogP contribution is 2.35. The van der Waals surface area contributed by atoms with Crippen molar-refractivity contribution >= 4 is 23.9 Å². The monoisotopic (exact) mass is 876 g/mol. The predicted molar refractivity (Wildman–Crippen MR) is 246 cm³/mol. The third-order valence-electron chi connectivity index (χ3n) is 9.77. The van der Waals surface area contributed by atoms with Gasteiger partial charge in [-0.1, -0.05) is 103 Å². The minimum atomic E-state index is -0.465. The lowest BCUT2D eigenvalue weighted by molar-refractivity contribution is -0.139. The van der Waals surface area contributed by atoms with Gasteiger partial charge in [-0.05, 0) is 70.8 Å². The van der Waals surface area contributed by atoms with E-state index in [9.17, 15) is 19.2 Å². The van der Waals surface area contributed by atoms with E-state index in [1.165, 1.54) is 0 Å². The van der Waals surface area contributed by atoms with E-state index in [1.807, 2.05) is 72.8 Å². The zero-order chi connectivity index (χ0) is 46.8. The van der Waals surface area contributed by atoms with Crippen LogP contribution in [-0.2, 0) is 49.0 Å². The minimum Gasteiger partial charge on any atom is -0.493 e. The van der Waals surface area contributed by atoms with E-state index in [-0.39, 0.29) is 37.3 Å². The Kier molecular flexibility index (Phi) is 21.7. The fourth-order valence-electron chi connectivity index (χ4n) is 5.89. The molecule has 0 amide bonds. The van der Waals surface area contributed by atoms with Gasteiger partial charge in [-0.3, -0.25) is 0 Å². The molecule has 0 fully saturated rings. The summed E-state index contributed by atoms with van der Waals surface area (Å²) < 4.78 is 42.3. The second kappa shape index (κ2) is 27.1. The smallest absolute Gasteiger partial charge is 0.330 e. The molecule has 0 unspecified atom stereocenters. The van der Waals surface area contributed by atoms with Crippen molar-refractivity contribution in [1.82, 2.24) is 0 Å². The number of hydrogen-bond acceptors (Lipinski definition) is 12. The third kappa shape index (κ3) is 17.7. The Hall–Kier alpha value is -7.08. The Morgan fingerprint density at radius 1 is 0.359 bits per heavy atom. The van der Waals surface area contributed by atoms with Crippen LogP contribution in [0.1, 0.15) is 62.8 Å². The molecule has 64 heavy (non-hydrogen) atoms. The van der Waals surface area contributed by atoms with Crippen molar-refractivity contribution in [3.05, 3.63) is 170 Å².